The molecule has 1 saturated heterocycles. The van der Waals surface area contributed by atoms with E-state index in [0.717, 1.165) is 17.6 Å². The summed E-state index contributed by atoms with van der Waals surface area (Å²) in [4.78, 5) is 11.0. The maximum Gasteiger partial charge on any atom is 0.129 e. The minimum Gasteiger partial charge on any atom is -0.366 e. The lowest BCUT2D eigenvalue weighted by molar-refractivity contribution is 0.326. The molecule has 1 atom stereocenters. The van der Waals surface area contributed by atoms with Crippen molar-refractivity contribution >= 4 is 5.82 Å². The van der Waals surface area contributed by atoms with E-state index in [-0.39, 0.29) is 0 Å². The predicted molar refractivity (Wildman–Crippen MR) is 63.4 cm³/mol. The lowest BCUT2D eigenvalue weighted by Crippen LogP contribution is -2.28. The van der Waals surface area contributed by atoms with Gasteiger partial charge in [-0.25, -0.2) is 9.97 Å². The second kappa shape index (κ2) is 4.01. The van der Waals surface area contributed by atoms with Gasteiger partial charge in [0.2, 0.25) is 0 Å². The van der Waals surface area contributed by atoms with E-state index < -0.39 is 0 Å². The van der Waals surface area contributed by atoms with Crippen molar-refractivity contribution in [1.29, 1.82) is 0 Å². The zero-order chi connectivity index (χ0) is 11.0. The summed E-state index contributed by atoms with van der Waals surface area (Å²) in [5, 5.41) is 3.50. The summed E-state index contributed by atoms with van der Waals surface area (Å²) in [6.45, 7) is 4.41. The molecule has 1 saturated carbocycles. The molecule has 1 aromatic heterocycles. The molecule has 16 heavy (non-hydrogen) atoms. The number of hydrogen-bond acceptors (Lipinski definition) is 4. The van der Waals surface area contributed by atoms with Gasteiger partial charge in [-0.05, 0) is 26.2 Å². The summed E-state index contributed by atoms with van der Waals surface area (Å²) in [7, 11) is 0. The minimum absolute atomic E-state index is 0.565. The highest BCUT2D eigenvalue weighted by Gasteiger charge is 2.34. The molecule has 0 amide bonds. The highest BCUT2D eigenvalue weighted by molar-refractivity contribution is 5.36. The van der Waals surface area contributed by atoms with Gasteiger partial charge in [0.1, 0.15) is 12.1 Å². The average Bonchev–Trinajstić information content (AvgIpc) is 3.01. The van der Waals surface area contributed by atoms with Gasteiger partial charge in [-0.2, -0.15) is 0 Å². The minimum atomic E-state index is 0.565. The molecule has 1 aromatic rings. The second-order valence-electron chi connectivity index (χ2n) is 4.90. The Hall–Kier alpha value is -1.16. The van der Waals surface area contributed by atoms with Crippen molar-refractivity contribution in [2.75, 3.05) is 18.4 Å². The normalized spacial score (nSPS) is 25.9. The Bertz CT molecular complexity index is 375. The molecule has 4 heteroatoms. The maximum absolute atomic E-state index is 4.25. The first-order valence-corrected chi connectivity index (χ1v) is 6.10. The van der Waals surface area contributed by atoms with Crippen molar-refractivity contribution in [3.8, 4) is 0 Å². The smallest absolute Gasteiger partial charge is 0.129 e. The number of aromatic nitrogens is 2. The molecule has 0 radical (unpaired) electrons. The SMILES string of the molecule is Cc1cc(NC2CCN(C3CC3)C2)ncn1. The second-order valence-corrected chi connectivity index (χ2v) is 4.90. The third-order valence-corrected chi connectivity index (χ3v) is 3.44. The number of likely N-dealkylation sites (tertiary alicyclic amines) is 1. The van der Waals surface area contributed by atoms with E-state index in [9.17, 15) is 0 Å². The van der Waals surface area contributed by atoms with Gasteiger partial charge in [-0.1, -0.05) is 0 Å². The summed E-state index contributed by atoms with van der Waals surface area (Å²) in [5.74, 6) is 0.968. The van der Waals surface area contributed by atoms with Crippen LogP contribution in [0.4, 0.5) is 5.82 Å². The van der Waals surface area contributed by atoms with Crippen molar-refractivity contribution < 1.29 is 0 Å². The van der Waals surface area contributed by atoms with Crippen molar-refractivity contribution in [2.24, 2.45) is 0 Å². The summed E-state index contributed by atoms with van der Waals surface area (Å²) in [6, 6.07) is 3.47. The standard InChI is InChI=1S/C12H18N4/c1-9-6-12(14-8-13-9)15-10-4-5-16(7-10)11-2-3-11/h6,8,10-11H,2-5,7H2,1H3,(H,13,14,15). The van der Waals surface area contributed by atoms with Crippen LogP contribution in [0.15, 0.2) is 12.4 Å². The van der Waals surface area contributed by atoms with E-state index in [0.29, 0.717) is 6.04 Å². The van der Waals surface area contributed by atoms with E-state index in [1.807, 2.05) is 13.0 Å². The number of nitrogens with zero attached hydrogens (tertiary/aromatic N) is 3. The first kappa shape index (κ1) is 10.0. The number of nitrogens with one attached hydrogen (secondary N) is 1. The monoisotopic (exact) mass is 218 g/mol. The third-order valence-electron chi connectivity index (χ3n) is 3.44. The highest BCUT2D eigenvalue weighted by Crippen LogP contribution is 2.30. The van der Waals surface area contributed by atoms with Crippen LogP contribution in [0.25, 0.3) is 0 Å². The summed E-state index contributed by atoms with van der Waals surface area (Å²) < 4.78 is 0. The molecule has 2 aliphatic rings. The Morgan fingerprint density at radius 1 is 1.31 bits per heavy atom. The molecule has 1 unspecified atom stereocenters. The zero-order valence-corrected chi connectivity index (χ0v) is 9.69. The molecular formula is C12H18N4. The Labute approximate surface area is 96.1 Å². The summed E-state index contributed by atoms with van der Waals surface area (Å²) in [5.41, 5.74) is 1.02. The van der Waals surface area contributed by atoms with Crippen molar-refractivity contribution in [3.63, 3.8) is 0 Å². The van der Waals surface area contributed by atoms with Gasteiger partial charge >= 0.3 is 0 Å². The van der Waals surface area contributed by atoms with Gasteiger partial charge in [0.15, 0.2) is 0 Å². The fraction of sp³-hybridized carbons (Fsp3) is 0.667. The number of aryl methyl sites for hydroxylation is 1. The molecule has 0 spiro atoms. The average molecular weight is 218 g/mol. The Morgan fingerprint density at radius 3 is 2.94 bits per heavy atom. The van der Waals surface area contributed by atoms with Crippen LogP contribution >= 0.6 is 0 Å². The van der Waals surface area contributed by atoms with Crippen LogP contribution < -0.4 is 5.32 Å². The van der Waals surface area contributed by atoms with Crippen LogP contribution in [0, 0.1) is 6.92 Å². The lowest BCUT2D eigenvalue weighted by atomic mass is 10.2. The Morgan fingerprint density at radius 2 is 2.19 bits per heavy atom. The molecule has 1 aliphatic heterocycles. The van der Waals surface area contributed by atoms with Gasteiger partial charge in [0, 0.05) is 36.9 Å². The maximum atomic E-state index is 4.25. The molecule has 86 valence electrons. The van der Waals surface area contributed by atoms with Crippen molar-refractivity contribution in [2.45, 2.75) is 38.3 Å². The van der Waals surface area contributed by atoms with Gasteiger partial charge in [0.25, 0.3) is 0 Å². The van der Waals surface area contributed by atoms with E-state index in [4.69, 9.17) is 0 Å². The van der Waals surface area contributed by atoms with Crippen molar-refractivity contribution in [3.05, 3.63) is 18.1 Å². The number of hydrogen-bond donors (Lipinski definition) is 1. The Kier molecular flexibility index (Phi) is 2.52. The number of anilines is 1. The predicted octanol–water partition coefficient (Wildman–Crippen LogP) is 1.43. The van der Waals surface area contributed by atoms with Crippen molar-refractivity contribution in [1.82, 2.24) is 14.9 Å². The van der Waals surface area contributed by atoms with E-state index in [1.165, 1.54) is 32.4 Å². The topological polar surface area (TPSA) is 41.0 Å². The van der Waals surface area contributed by atoms with E-state index in [2.05, 4.69) is 20.2 Å². The van der Waals surface area contributed by atoms with Crippen LogP contribution in [0.1, 0.15) is 25.0 Å². The molecule has 2 heterocycles. The van der Waals surface area contributed by atoms with Crippen LogP contribution in [-0.4, -0.2) is 40.0 Å². The van der Waals surface area contributed by atoms with Gasteiger partial charge in [0.05, 0.1) is 0 Å². The fourth-order valence-electron chi connectivity index (χ4n) is 2.42. The van der Waals surface area contributed by atoms with Gasteiger partial charge in [-0.3, -0.25) is 4.90 Å². The van der Waals surface area contributed by atoms with Crippen LogP contribution in [0.3, 0.4) is 0 Å². The van der Waals surface area contributed by atoms with Crippen LogP contribution in [-0.2, 0) is 0 Å². The lowest BCUT2D eigenvalue weighted by Gasteiger charge is -2.16. The quantitative estimate of drug-likeness (QED) is 0.833. The Balaban J connectivity index is 1.59. The zero-order valence-electron chi connectivity index (χ0n) is 9.69. The van der Waals surface area contributed by atoms with Crippen LogP contribution in [0.5, 0.6) is 0 Å². The highest BCUT2D eigenvalue weighted by atomic mass is 15.2. The fourth-order valence-corrected chi connectivity index (χ4v) is 2.42. The molecule has 1 aliphatic carbocycles. The van der Waals surface area contributed by atoms with Crippen LogP contribution in [0.2, 0.25) is 0 Å². The summed E-state index contributed by atoms with van der Waals surface area (Å²) in [6.07, 6.45) is 5.67. The van der Waals surface area contributed by atoms with Gasteiger partial charge < -0.3 is 5.32 Å². The molecule has 2 fully saturated rings. The molecule has 0 aromatic carbocycles. The van der Waals surface area contributed by atoms with E-state index >= 15 is 0 Å². The number of rotatable bonds is 3. The van der Waals surface area contributed by atoms with E-state index in [1.54, 1.807) is 6.33 Å². The third kappa shape index (κ3) is 2.16. The van der Waals surface area contributed by atoms with Gasteiger partial charge in [-0.15, -0.1) is 0 Å². The molecular weight excluding hydrogens is 200 g/mol. The molecule has 1 N–H and O–H groups in total. The summed E-state index contributed by atoms with van der Waals surface area (Å²) >= 11 is 0. The molecule has 0 bridgehead atoms. The first-order valence-electron chi connectivity index (χ1n) is 6.10. The first-order chi connectivity index (χ1) is 7.81. The molecule has 4 nitrogen and oxygen atoms in total. The largest absolute Gasteiger partial charge is 0.366 e. The molecule has 3 rings (SSSR count).